The van der Waals surface area contributed by atoms with Crippen molar-refractivity contribution in [3.05, 3.63) is 88.7 Å². The number of nitrogens with zero attached hydrogens (tertiary/aromatic N) is 3. The molecule has 6 N–H and O–H groups in total. The van der Waals surface area contributed by atoms with Crippen LogP contribution in [0.2, 0.25) is 0 Å². The molecular formula is C51H66N4O12. The molecule has 4 heterocycles. The van der Waals surface area contributed by atoms with Gasteiger partial charge in [0, 0.05) is 80.8 Å². The first-order valence-electron chi connectivity index (χ1n) is 22.8. The second-order valence-corrected chi connectivity index (χ2v) is 18.6. The zero-order chi connectivity index (χ0) is 49.2. The van der Waals surface area contributed by atoms with Crippen LogP contribution in [0, 0.1) is 30.6 Å². The van der Waals surface area contributed by atoms with Gasteiger partial charge in [0.25, 0.3) is 11.7 Å². The summed E-state index contributed by atoms with van der Waals surface area (Å²) >= 11 is 0. The number of methoxy groups -OCH3 is 1. The van der Waals surface area contributed by atoms with E-state index in [9.17, 15) is 39.9 Å². The number of aromatic hydroxyl groups is 3. The molecule has 16 nitrogen and oxygen atoms in total. The average molecular weight is 927 g/mol. The van der Waals surface area contributed by atoms with E-state index in [1.165, 1.54) is 65.0 Å². The molecule has 11 atom stereocenters. The standard InChI is InChI=1S/C51H66N4O12/c1-26-16-15-17-27(2)50(63)53-41-36(22-52-55-28(3)23-54(24-29(55)4)25-35-18-13-12-14-19-35)45(60)38-39(46(41)61)44(59)33(8)48-40(38)49(62)51(10,67-48)65-21-20-37(64-11)30(5)47(66-34(9)56)32(7)43(58)31(6)42(26)57/h12-22,26,28-32,37,42-43,47,57-61H,23-25H2,1-11H3,(H,53,63)/b16-15+,21-20+,27-17+,52-22-. The monoisotopic (exact) mass is 926 g/mol. The molecule has 362 valence electrons. The number of anilines is 1. The Labute approximate surface area is 392 Å². The number of carbonyl (C=O) groups excluding carboxylic acids is 3. The minimum absolute atomic E-state index is 0.0500. The number of piperazine rings is 1. The summed E-state index contributed by atoms with van der Waals surface area (Å²) in [6.45, 7) is 18.7. The molecular weight excluding hydrogens is 861 g/mol. The van der Waals surface area contributed by atoms with E-state index in [1.807, 2.05) is 37.1 Å². The van der Waals surface area contributed by atoms with Gasteiger partial charge in [0.1, 0.15) is 23.4 Å². The van der Waals surface area contributed by atoms with Gasteiger partial charge in [0.2, 0.25) is 0 Å². The number of amides is 1. The Hall–Kier alpha value is -5.94. The summed E-state index contributed by atoms with van der Waals surface area (Å²) in [6, 6.07) is 9.93. The van der Waals surface area contributed by atoms with Gasteiger partial charge in [-0.2, -0.15) is 5.10 Å². The van der Waals surface area contributed by atoms with Crippen molar-refractivity contribution in [3.63, 3.8) is 0 Å². The summed E-state index contributed by atoms with van der Waals surface area (Å²) in [5.74, 6) is -8.46. The molecule has 11 unspecified atom stereocenters. The van der Waals surface area contributed by atoms with Crippen molar-refractivity contribution in [2.45, 2.75) is 118 Å². The number of esters is 1. The van der Waals surface area contributed by atoms with Gasteiger partial charge >= 0.3 is 11.8 Å². The van der Waals surface area contributed by atoms with E-state index in [-0.39, 0.29) is 56.6 Å². The van der Waals surface area contributed by atoms with Crippen LogP contribution >= 0.6 is 0 Å². The fraction of sp³-hybridized carbons (Fsp3) is 0.490. The van der Waals surface area contributed by atoms with E-state index in [4.69, 9.17) is 24.0 Å². The Morgan fingerprint density at radius 3 is 2.19 bits per heavy atom. The number of hydrazone groups is 1. The van der Waals surface area contributed by atoms with Gasteiger partial charge in [-0.15, -0.1) is 0 Å². The molecule has 67 heavy (non-hydrogen) atoms. The van der Waals surface area contributed by atoms with Crippen molar-refractivity contribution < 1.29 is 58.9 Å². The van der Waals surface area contributed by atoms with Crippen molar-refractivity contribution in [1.29, 1.82) is 0 Å². The molecule has 0 aromatic heterocycles. The average Bonchev–Trinajstić information content (AvgIpc) is 3.55. The third kappa shape index (κ3) is 10.2. The predicted molar refractivity (Wildman–Crippen MR) is 254 cm³/mol. The largest absolute Gasteiger partial charge is 0.507 e. The van der Waals surface area contributed by atoms with Crippen molar-refractivity contribution >= 4 is 40.3 Å². The lowest BCUT2D eigenvalue weighted by Gasteiger charge is -2.42. The van der Waals surface area contributed by atoms with Crippen LogP contribution in [0.3, 0.4) is 0 Å². The van der Waals surface area contributed by atoms with E-state index < -0.39 is 88.8 Å². The number of hydrogen-bond donors (Lipinski definition) is 6. The summed E-state index contributed by atoms with van der Waals surface area (Å²) < 4.78 is 23.8. The number of fused-ring (bicyclic) bond motifs is 14. The number of benzene rings is 3. The molecule has 0 spiro atoms. The fourth-order valence-corrected chi connectivity index (χ4v) is 9.62. The number of ether oxygens (including phenoxy) is 4. The minimum atomic E-state index is -2.07. The molecule has 3 aromatic carbocycles. The number of nitrogens with one attached hydrogen (secondary N) is 1. The number of carbonyl (C=O) groups is 3. The van der Waals surface area contributed by atoms with Crippen molar-refractivity contribution in [3.8, 4) is 23.0 Å². The molecule has 16 heteroatoms. The van der Waals surface area contributed by atoms with Crippen molar-refractivity contribution in [1.82, 2.24) is 9.91 Å². The highest BCUT2D eigenvalue weighted by Gasteiger charge is 2.50. The Kier molecular flexibility index (Phi) is 15.5. The van der Waals surface area contributed by atoms with Gasteiger partial charge in [0.15, 0.2) is 5.75 Å². The molecule has 0 aliphatic carbocycles. The molecule has 4 aliphatic rings. The maximum Gasteiger partial charge on any atom is 0.312 e. The summed E-state index contributed by atoms with van der Waals surface area (Å²) in [5.41, 5.74) is 0.785. The Bertz CT molecular complexity index is 2460. The lowest BCUT2D eigenvalue weighted by Crippen LogP contribution is -2.54. The number of Topliss-reactive ketones (excluding diaryl/α,β-unsaturated/α-hetero) is 1. The number of phenolic OH excluding ortho intramolecular Hbond substituents is 3. The zero-order valence-electron chi connectivity index (χ0n) is 40.2. The van der Waals surface area contributed by atoms with E-state index in [2.05, 4.69) is 22.3 Å². The molecule has 3 aromatic rings. The highest BCUT2D eigenvalue weighted by molar-refractivity contribution is 6.23. The van der Waals surface area contributed by atoms with Crippen LogP contribution in [0.4, 0.5) is 5.69 Å². The maximum absolute atomic E-state index is 14.6. The first-order valence-corrected chi connectivity index (χ1v) is 22.8. The van der Waals surface area contributed by atoms with Crippen LogP contribution in [0.15, 0.2) is 71.6 Å². The van der Waals surface area contributed by atoms with Crippen LogP contribution < -0.4 is 10.1 Å². The van der Waals surface area contributed by atoms with Crippen molar-refractivity contribution in [2.75, 3.05) is 25.5 Å². The molecule has 1 fully saturated rings. The quantitative estimate of drug-likeness (QED) is 0.0658. The summed E-state index contributed by atoms with van der Waals surface area (Å²) in [5, 5.41) is 68.1. The molecule has 1 amide bonds. The summed E-state index contributed by atoms with van der Waals surface area (Å²) in [4.78, 5) is 43.4. The number of rotatable bonds is 6. The van der Waals surface area contributed by atoms with Crippen LogP contribution in [-0.4, -0.2) is 122 Å². The van der Waals surface area contributed by atoms with E-state index in [1.54, 1.807) is 39.8 Å². The van der Waals surface area contributed by atoms with Gasteiger partial charge < -0.3 is 49.8 Å². The number of aliphatic hydroxyl groups excluding tert-OH is 2. The van der Waals surface area contributed by atoms with Crippen LogP contribution in [0.1, 0.15) is 89.4 Å². The van der Waals surface area contributed by atoms with E-state index in [0.29, 0.717) is 13.1 Å². The molecule has 0 saturated carbocycles. The van der Waals surface area contributed by atoms with Crippen LogP contribution in [0.5, 0.6) is 23.0 Å². The molecule has 5 bridgehead atoms. The first-order chi connectivity index (χ1) is 31.6. The third-order valence-electron chi connectivity index (χ3n) is 13.6. The number of ketones is 1. The van der Waals surface area contributed by atoms with Gasteiger partial charge in [-0.05, 0) is 39.3 Å². The van der Waals surface area contributed by atoms with Crippen LogP contribution in [-0.2, 0) is 30.3 Å². The number of hydrogen-bond acceptors (Lipinski definition) is 15. The van der Waals surface area contributed by atoms with E-state index >= 15 is 0 Å². The summed E-state index contributed by atoms with van der Waals surface area (Å²) in [6.07, 6.45) is 4.88. The smallest absolute Gasteiger partial charge is 0.312 e. The molecule has 0 radical (unpaired) electrons. The highest BCUT2D eigenvalue weighted by atomic mass is 16.7. The van der Waals surface area contributed by atoms with Gasteiger partial charge in [-0.25, -0.2) is 0 Å². The summed E-state index contributed by atoms with van der Waals surface area (Å²) in [7, 11) is 1.44. The molecule has 4 aliphatic heterocycles. The maximum atomic E-state index is 14.6. The lowest BCUT2D eigenvalue weighted by molar-refractivity contribution is -0.160. The second kappa shape index (κ2) is 20.5. The Morgan fingerprint density at radius 2 is 1.57 bits per heavy atom. The van der Waals surface area contributed by atoms with Gasteiger partial charge in [-0.1, -0.05) is 76.3 Å². The fourth-order valence-electron chi connectivity index (χ4n) is 9.62. The minimum Gasteiger partial charge on any atom is -0.507 e. The third-order valence-corrected chi connectivity index (χ3v) is 13.6. The molecule has 7 rings (SSSR count). The highest BCUT2D eigenvalue weighted by Crippen LogP contribution is 2.55. The topological polar surface area (TPSA) is 220 Å². The van der Waals surface area contributed by atoms with Crippen LogP contribution in [0.25, 0.3) is 10.8 Å². The molecule has 1 saturated heterocycles. The predicted octanol–water partition coefficient (Wildman–Crippen LogP) is 6.68. The van der Waals surface area contributed by atoms with Gasteiger partial charge in [0.05, 0.1) is 65.1 Å². The Morgan fingerprint density at radius 1 is 0.910 bits per heavy atom. The lowest BCUT2D eigenvalue weighted by atomic mass is 9.78. The van der Waals surface area contributed by atoms with Crippen molar-refractivity contribution in [2.24, 2.45) is 28.8 Å². The second-order valence-electron chi connectivity index (χ2n) is 18.6. The van der Waals surface area contributed by atoms with E-state index in [0.717, 1.165) is 6.54 Å². The number of phenols is 3. The first kappa shape index (κ1) is 50.5. The number of aliphatic hydroxyl groups is 2. The number of allylic oxidation sites excluding steroid dienone is 2. The van der Waals surface area contributed by atoms with Gasteiger partial charge in [-0.3, -0.25) is 24.3 Å². The Balaban J connectivity index is 1.49. The zero-order valence-corrected chi connectivity index (χ0v) is 40.2. The SMILES string of the molecule is COC1/C=C/OC2(C)Oc3c(C)c(O)c4c(O)c(c(/C=N\N5C(C)CN(Cc6ccccc6)CC5C)c(O)c4c3C2=O)NC(=O)/C(C)=C/C=C/C(C)C(O)C(C)C(O)C(C)C(OC(C)=O)C1C. The normalized spacial score (nSPS) is 31.8.